The Hall–Kier alpha value is -2.69. The van der Waals surface area contributed by atoms with Gasteiger partial charge in [0.25, 0.3) is 0 Å². The van der Waals surface area contributed by atoms with Crippen LogP contribution in [0.5, 0.6) is 0 Å². The Bertz CT molecular complexity index is 712. The van der Waals surface area contributed by atoms with E-state index < -0.39 is 0 Å². The Labute approximate surface area is 121 Å². The fourth-order valence-corrected chi connectivity index (χ4v) is 1.96. The number of rotatable bonds is 5. The summed E-state index contributed by atoms with van der Waals surface area (Å²) in [6.45, 7) is 0.597. The van der Waals surface area contributed by atoms with E-state index in [1.54, 1.807) is 6.07 Å². The lowest BCUT2D eigenvalue weighted by Gasteiger charge is -2.03. The van der Waals surface area contributed by atoms with Gasteiger partial charge in [0.15, 0.2) is 0 Å². The SMILES string of the molecule is Fc1cccc(NCCc2nnc(-c3ccccc3)o2)c1. The van der Waals surface area contributed by atoms with Crippen molar-refractivity contribution in [1.29, 1.82) is 0 Å². The Kier molecular flexibility index (Phi) is 3.91. The van der Waals surface area contributed by atoms with Gasteiger partial charge in [-0.25, -0.2) is 4.39 Å². The van der Waals surface area contributed by atoms with Gasteiger partial charge in [-0.15, -0.1) is 10.2 Å². The summed E-state index contributed by atoms with van der Waals surface area (Å²) in [7, 11) is 0. The van der Waals surface area contributed by atoms with Crippen molar-refractivity contribution < 1.29 is 8.81 Å². The molecule has 4 nitrogen and oxygen atoms in total. The molecule has 1 aromatic heterocycles. The van der Waals surface area contributed by atoms with Crippen LogP contribution in [0, 0.1) is 5.82 Å². The highest BCUT2D eigenvalue weighted by atomic mass is 19.1. The van der Waals surface area contributed by atoms with Gasteiger partial charge >= 0.3 is 0 Å². The number of benzene rings is 2. The highest BCUT2D eigenvalue weighted by molar-refractivity contribution is 5.51. The van der Waals surface area contributed by atoms with Crippen LogP contribution < -0.4 is 5.32 Å². The zero-order chi connectivity index (χ0) is 14.5. The summed E-state index contributed by atoms with van der Waals surface area (Å²) in [4.78, 5) is 0. The third-order valence-electron chi connectivity index (χ3n) is 2.98. The van der Waals surface area contributed by atoms with Gasteiger partial charge < -0.3 is 9.73 Å². The van der Waals surface area contributed by atoms with Gasteiger partial charge in [0.2, 0.25) is 11.8 Å². The van der Waals surface area contributed by atoms with Crippen molar-refractivity contribution in [2.45, 2.75) is 6.42 Å². The largest absolute Gasteiger partial charge is 0.421 e. The Morgan fingerprint density at radius 3 is 2.67 bits per heavy atom. The number of anilines is 1. The molecule has 0 spiro atoms. The quantitative estimate of drug-likeness (QED) is 0.778. The highest BCUT2D eigenvalue weighted by Gasteiger charge is 2.07. The van der Waals surface area contributed by atoms with E-state index in [0.717, 1.165) is 11.3 Å². The van der Waals surface area contributed by atoms with Gasteiger partial charge in [-0.05, 0) is 30.3 Å². The number of nitrogens with one attached hydrogen (secondary N) is 1. The van der Waals surface area contributed by atoms with Gasteiger partial charge in [-0.1, -0.05) is 24.3 Å². The van der Waals surface area contributed by atoms with Crippen molar-refractivity contribution in [3.05, 3.63) is 66.3 Å². The van der Waals surface area contributed by atoms with Crippen molar-refractivity contribution in [3.8, 4) is 11.5 Å². The Morgan fingerprint density at radius 2 is 1.86 bits per heavy atom. The van der Waals surface area contributed by atoms with Gasteiger partial charge in [-0.3, -0.25) is 0 Å². The van der Waals surface area contributed by atoms with Crippen LogP contribution in [0.25, 0.3) is 11.5 Å². The summed E-state index contributed by atoms with van der Waals surface area (Å²) >= 11 is 0. The van der Waals surface area contributed by atoms with Crippen molar-refractivity contribution >= 4 is 5.69 Å². The molecule has 106 valence electrons. The van der Waals surface area contributed by atoms with Crippen LogP contribution in [0.15, 0.2) is 59.0 Å². The molecule has 2 aromatic carbocycles. The molecule has 0 saturated carbocycles. The minimum Gasteiger partial charge on any atom is -0.421 e. The maximum Gasteiger partial charge on any atom is 0.247 e. The van der Waals surface area contributed by atoms with Gasteiger partial charge in [0, 0.05) is 24.2 Å². The molecule has 0 unspecified atom stereocenters. The lowest BCUT2D eigenvalue weighted by atomic mass is 10.2. The fourth-order valence-electron chi connectivity index (χ4n) is 1.96. The summed E-state index contributed by atoms with van der Waals surface area (Å²) in [5.74, 6) is 0.804. The molecule has 0 atom stereocenters. The minimum atomic E-state index is -0.260. The third-order valence-corrected chi connectivity index (χ3v) is 2.98. The van der Waals surface area contributed by atoms with E-state index in [-0.39, 0.29) is 5.82 Å². The summed E-state index contributed by atoms with van der Waals surface area (Å²) in [5, 5.41) is 11.1. The second kappa shape index (κ2) is 6.17. The number of hydrogen-bond donors (Lipinski definition) is 1. The van der Waals surface area contributed by atoms with Crippen LogP contribution in [0.3, 0.4) is 0 Å². The van der Waals surface area contributed by atoms with Crippen LogP contribution in [-0.2, 0) is 6.42 Å². The van der Waals surface area contributed by atoms with E-state index in [0.29, 0.717) is 24.7 Å². The monoisotopic (exact) mass is 283 g/mol. The first-order valence-corrected chi connectivity index (χ1v) is 6.68. The molecule has 0 aliphatic carbocycles. The maximum absolute atomic E-state index is 13.0. The zero-order valence-electron chi connectivity index (χ0n) is 11.3. The molecule has 3 rings (SSSR count). The smallest absolute Gasteiger partial charge is 0.247 e. The number of halogens is 1. The molecule has 1 N–H and O–H groups in total. The van der Waals surface area contributed by atoms with E-state index in [1.807, 2.05) is 36.4 Å². The van der Waals surface area contributed by atoms with Crippen LogP contribution in [-0.4, -0.2) is 16.7 Å². The molecule has 1 heterocycles. The zero-order valence-corrected chi connectivity index (χ0v) is 11.3. The lowest BCUT2D eigenvalue weighted by molar-refractivity contribution is 0.509. The van der Waals surface area contributed by atoms with Crippen LogP contribution >= 0.6 is 0 Å². The number of nitrogens with zero attached hydrogens (tertiary/aromatic N) is 2. The fraction of sp³-hybridized carbons (Fsp3) is 0.125. The first-order valence-electron chi connectivity index (χ1n) is 6.68. The maximum atomic E-state index is 13.0. The molecule has 5 heteroatoms. The summed E-state index contributed by atoms with van der Waals surface area (Å²) in [5.41, 5.74) is 1.63. The van der Waals surface area contributed by atoms with Gasteiger partial charge in [0.05, 0.1) is 0 Å². The van der Waals surface area contributed by atoms with E-state index in [1.165, 1.54) is 12.1 Å². The Morgan fingerprint density at radius 1 is 1.00 bits per heavy atom. The van der Waals surface area contributed by atoms with Gasteiger partial charge in [-0.2, -0.15) is 0 Å². The third kappa shape index (κ3) is 3.45. The van der Waals surface area contributed by atoms with Crippen LogP contribution in [0.2, 0.25) is 0 Å². The predicted molar refractivity (Wildman–Crippen MR) is 78.3 cm³/mol. The molecule has 0 saturated heterocycles. The average Bonchev–Trinajstić information content (AvgIpc) is 2.97. The highest BCUT2D eigenvalue weighted by Crippen LogP contribution is 2.17. The normalized spacial score (nSPS) is 10.5. The first-order chi connectivity index (χ1) is 10.3. The Balaban J connectivity index is 1.58. The average molecular weight is 283 g/mol. The molecule has 0 amide bonds. The van der Waals surface area contributed by atoms with Gasteiger partial charge in [0.1, 0.15) is 5.82 Å². The van der Waals surface area contributed by atoms with E-state index in [2.05, 4.69) is 15.5 Å². The molecule has 0 fully saturated rings. The molecule has 0 aliphatic rings. The lowest BCUT2D eigenvalue weighted by Crippen LogP contribution is -2.05. The molecular formula is C16H14FN3O. The van der Waals surface area contributed by atoms with Crippen molar-refractivity contribution in [2.24, 2.45) is 0 Å². The second-order valence-electron chi connectivity index (χ2n) is 4.55. The first kappa shape index (κ1) is 13.3. The number of aromatic nitrogens is 2. The molecule has 21 heavy (non-hydrogen) atoms. The molecule has 0 bridgehead atoms. The summed E-state index contributed by atoms with van der Waals surface area (Å²) in [6, 6.07) is 16.0. The number of hydrogen-bond acceptors (Lipinski definition) is 4. The van der Waals surface area contributed by atoms with Crippen molar-refractivity contribution in [1.82, 2.24) is 10.2 Å². The van der Waals surface area contributed by atoms with Crippen LogP contribution in [0.4, 0.5) is 10.1 Å². The molecule has 0 radical (unpaired) electrons. The van der Waals surface area contributed by atoms with Crippen LogP contribution in [0.1, 0.15) is 5.89 Å². The van der Waals surface area contributed by atoms with E-state index in [4.69, 9.17) is 4.42 Å². The minimum absolute atomic E-state index is 0.260. The van der Waals surface area contributed by atoms with E-state index >= 15 is 0 Å². The molecular weight excluding hydrogens is 269 g/mol. The van der Waals surface area contributed by atoms with Crippen molar-refractivity contribution in [3.63, 3.8) is 0 Å². The molecule has 0 aliphatic heterocycles. The summed E-state index contributed by atoms with van der Waals surface area (Å²) in [6.07, 6.45) is 0.580. The summed E-state index contributed by atoms with van der Waals surface area (Å²) < 4.78 is 18.6. The second-order valence-corrected chi connectivity index (χ2v) is 4.55. The standard InChI is InChI=1S/C16H14FN3O/c17-13-7-4-8-14(11-13)18-10-9-15-19-20-16(21-15)12-5-2-1-3-6-12/h1-8,11,18H,9-10H2. The van der Waals surface area contributed by atoms with E-state index in [9.17, 15) is 4.39 Å². The molecule has 3 aromatic rings. The predicted octanol–water partition coefficient (Wildman–Crippen LogP) is 3.53. The topological polar surface area (TPSA) is 51.0 Å². The van der Waals surface area contributed by atoms with Crippen molar-refractivity contribution in [2.75, 3.05) is 11.9 Å².